The van der Waals surface area contributed by atoms with Gasteiger partial charge in [0.15, 0.2) is 0 Å². The summed E-state index contributed by atoms with van der Waals surface area (Å²) in [7, 11) is 0. The summed E-state index contributed by atoms with van der Waals surface area (Å²) in [4.78, 5) is 0. The number of aliphatic hydroxyl groups excluding tert-OH is 1. The fourth-order valence-corrected chi connectivity index (χ4v) is 3.11. The molecule has 0 radical (unpaired) electrons. The minimum absolute atomic E-state index is 0.339. The van der Waals surface area contributed by atoms with Crippen molar-refractivity contribution in [1.29, 1.82) is 0 Å². The maximum Gasteiger partial charge on any atom is 0.108 e. The first-order valence-corrected chi connectivity index (χ1v) is 10.4. The highest BCUT2D eigenvalue weighted by Crippen LogP contribution is 2.14. The van der Waals surface area contributed by atoms with E-state index in [0.29, 0.717) is 5.76 Å². The van der Waals surface area contributed by atoms with E-state index in [1.54, 1.807) is 0 Å². The Morgan fingerprint density at radius 1 is 0.609 bits per heavy atom. The molecule has 2 nitrogen and oxygen atoms in total. The number of allylic oxidation sites excluding steroid dienone is 1. The van der Waals surface area contributed by atoms with Gasteiger partial charge in [0.25, 0.3) is 0 Å². The van der Waals surface area contributed by atoms with Crippen molar-refractivity contribution < 1.29 is 5.11 Å². The highest BCUT2D eigenvalue weighted by atomic mass is 16.3. The minimum Gasteiger partial charge on any atom is -0.511 e. The van der Waals surface area contributed by atoms with Gasteiger partial charge in [0.2, 0.25) is 0 Å². The standard InChI is InChI=1S/C21H43NO/c1-2-3-4-5-6-7-8-9-10-11-12-13-14-15-16-17-18-19-21(23)20-22/h20,23H,2-19,22H2,1H3/b21-20-. The Balaban J connectivity index is 3.00. The lowest BCUT2D eigenvalue weighted by atomic mass is 10.0. The van der Waals surface area contributed by atoms with Crippen LogP contribution in [0, 0.1) is 0 Å². The van der Waals surface area contributed by atoms with Gasteiger partial charge in [-0.1, -0.05) is 110 Å². The molecule has 0 saturated heterocycles. The average Bonchev–Trinajstić information content (AvgIpc) is 2.57. The van der Waals surface area contributed by atoms with Crippen LogP contribution in [0.4, 0.5) is 0 Å². The summed E-state index contributed by atoms with van der Waals surface area (Å²) in [6.45, 7) is 2.28. The van der Waals surface area contributed by atoms with Crippen LogP contribution in [0.1, 0.15) is 122 Å². The summed E-state index contributed by atoms with van der Waals surface area (Å²) in [5, 5.41) is 9.22. The molecular formula is C21H43NO. The third-order valence-corrected chi connectivity index (χ3v) is 4.73. The van der Waals surface area contributed by atoms with E-state index in [-0.39, 0.29) is 0 Å². The van der Waals surface area contributed by atoms with Gasteiger partial charge in [0.05, 0.1) is 0 Å². The second-order valence-corrected chi connectivity index (χ2v) is 7.06. The van der Waals surface area contributed by atoms with Crippen molar-refractivity contribution >= 4 is 0 Å². The minimum atomic E-state index is 0.339. The Bertz CT molecular complexity index is 250. The van der Waals surface area contributed by atoms with Gasteiger partial charge in [-0.2, -0.15) is 0 Å². The summed E-state index contributed by atoms with van der Waals surface area (Å²) < 4.78 is 0. The van der Waals surface area contributed by atoms with Crippen LogP contribution in [0.25, 0.3) is 0 Å². The van der Waals surface area contributed by atoms with Gasteiger partial charge in [-0.15, -0.1) is 0 Å². The molecule has 0 aromatic carbocycles. The smallest absolute Gasteiger partial charge is 0.108 e. The maximum absolute atomic E-state index is 9.22. The summed E-state index contributed by atoms with van der Waals surface area (Å²) >= 11 is 0. The molecule has 0 amide bonds. The van der Waals surface area contributed by atoms with Crippen molar-refractivity contribution in [2.75, 3.05) is 0 Å². The molecule has 0 aliphatic heterocycles. The molecule has 138 valence electrons. The predicted molar refractivity (Wildman–Crippen MR) is 104 cm³/mol. The van der Waals surface area contributed by atoms with Gasteiger partial charge in [0.1, 0.15) is 5.76 Å². The largest absolute Gasteiger partial charge is 0.511 e. The summed E-state index contributed by atoms with van der Waals surface area (Å²) in [6, 6.07) is 0. The predicted octanol–water partition coefficient (Wildman–Crippen LogP) is 7.39. The molecule has 0 aliphatic rings. The quantitative estimate of drug-likeness (QED) is 0.204. The van der Waals surface area contributed by atoms with Crippen LogP contribution < -0.4 is 5.73 Å². The molecular weight excluding hydrogens is 282 g/mol. The number of nitrogens with two attached hydrogens (primary N) is 1. The van der Waals surface area contributed by atoms with Gasteiger partial charge in [-0.3, -0.25) is 0 Å². The number of rotatable bonds is 18. The molecule has 0 spiro atoms. The molecule has 0 aromatic heterocycles. The summed E-state index contributed by atoms with van der Waals surface area (Å²) in [5.74, 6) is 0.339. The number of hydrogen-bond donors (Lipinski definition) is 2. The van der Waals surface area contributed by atoms with Crippen LogP contribution in [0.15, 0.2) is 12.0 Å². The molecule has 3 N–H and O–H groups in total. The maximum atomic E-state index is 9.22. The topological polar surface area (TPSA) is 46.2 Å². The Morgan fingerprint density at radius 3 is 1.22 bits per heavy atom. The summed E-state index contributed by atoms with van der Waals surface area (Å²) in [5.41, 5.74) is 5.23. The normalized spacial score (nSPS) is 12.0. The molecule has 0 heterocycles. The van der Waals surface area contributed by atoms with Gasteiger partial charge in [-0.05, 0) is 6.42 Å². The lowest BCUT2D eigenvalue weighted by molar-refractivity contribution is 0.378. The van der Waals surface area contributed by atoms with E-state index >= 15 is 0 Å². The third kappa shape index (κ3) is 19.3. The van der Waals surface area contributed by atoms with Gasteiger partial charge >= 0.3 is 0 Å². The second kappa shape index (κ2) is 19.4. The molecule has 0 rings (SSSR count). The van der Waals surface area contributed by atoms with Crippen LogP contribution in [0.2, 0.25) is 0 Å². The molecule has 0 unspecified atom stereocenters. The van der Waals surface area contributed by atoms with Crippen LogP contribution >= 0.6 is 0 Å². The lowest BCUT2D eigenvalue weighted by Crippen LogP contribution is -1.88. The first-order valence-electron chi connectivity index (χ1n) is 10.4. The molecule has 0 fully saturated rings. The highest BCUT2D eigenvalue weighted by molar-refractivity contribution is 4.85. The molecule has 0 aromatic rings. The zero-order valence-electron chi connectivity index (χ0n) is 15.8. The molecule has 2 heteroatoms. The van der Waals surface area contributed by atoms with Crippen LogP contribution in [-0.2, 0) is 0 Å². The molecule has 0 aliphatic carbocycles. The van der Waals surface area contributed by atoms with Crippen LogP contribution in [0.3, 0.4) is 0 Å². The zero-order chi connectivity index (χ0) is 17.0. The Morgan fingerprint density at radius 2 is 0.913 bits per heavy atom. The van der Waals surface area contributed by atoms with Gasteiger partial charge in [-0.25, -0.2) is 0 Å². The Labute approximate surface area is 145 Å². The highest BCUT2D eigenvalue weighted by Gasteiger charge is 1.96. The van der Waals surface area contributed by atoms with E-state index in [1.165, 1.54) is 109 Å². The third-order valence-electron chi connectivity index (χ3n) is 4.73. The van der Waals surface area contributed by atoms with E-state index in [9.17, 15) is 5.11 Å². The molecule has 23 heavy (non-hydrogen) atoms. The molecule has 0 atom stereocenters. The fraction of sp³-hybridized carbons (Fsp3) is 0.905. The fourth-order valence-electron chi connectivity index (χ4n) is 3.11. The first kappa shape index (κ1) is 22.3. The molecule has 0 saturated carbocycles. The average molecular weight is 326 g/mol. The van der Waals surface area contributed by atoms with Crippen molar-refractivity contribution in [3.8, 4) is 0 Å². The number of unbranched alkanes of at least 4 members (excludes halogenated alkanes) is 16. The van der Waals surface area contributed by atoms with E-state index in [0.717, 1.165) is 12.8 Å². The SMILES string of the molecule is CCCCCCCCCCCCCCCCCCC/C(O)=C/N. The Kier molecular flexibility index (Phi) is 18.8. The van der Waals surface area contributed by atoms with Crippen molar-refractivity contribution in [3.05, 3.63) is 12.0 Å². The summed E-state index contributed by atoms with van der Waals surface area (Å²) in [6.07, 6.45) is 25.6. The van der Waals surface area contributed by atoms with Crippen molar-refractivity contribution in [2.24, 2.45) is 5.73 Å². The van der Waals surface area contributed by atoms with Crippen molar-refractivity contribution in [3.63, 3.8) is 0 Å². The zero-order valence-corrected chi connectivity index (χ0v) is 15.8. The van der Waals surface area contributed by atoms with E-state index in [4.69, 9.17) is 5.73 Å². The van der Waals surface area contributed by atoms with Crippen molar-refractivity contribution in [2.45, 2.75) is 122 Å². The second-order valence-electron chi connectivity index (χ2n) is 7.06. The first-order chi connectivity index (χ1) is 11.3. The van der Waals surface area contributed by atoms with Crippen LogP contribution in [-0.4, -0.2) is 5.11 Å². The molecule has 0 bridgehead atoms. The Hall–Kier alpha value is -0.660. The lowest BCUT2D eigenvalue weighted by Gasteiger charge is -2.03. The van der Waals surface area contributed by atoms with Gasteiger partial charge < -0.3 is 10.8 Å². The number of aliphatic hydroxyl groups is 1. The van der Waals surface area contributed by atoms with Crippen molar-refractivity contribution in [1.82, 2.24) is 0 Å². The monoisotopic (exact) mass is 325 g/mol. The van der Waals surface area contributed by atoms with Crippen LogP contribution in [0.5, 0.6) is 0 Å². The van der Waals surface area contributed by atoms with Gasteiger partial charge in [0, 0.05) is 12.6 Å². The number of hydrogen-bond acceptors (Lipinski definition) is 2. The van der Waals surface area contributed by atoms with E-state index in [2.05, 4.69) is 6.92 Å². The van der Waals surface area contributed by atoms with E-state index < -0.39 is 0 Å². The van der Waals surface area contributed by atoms with E-state index in [1.807, 2.05) is 0 Å².